The summed E-state index contributed by atoms with van der Waals surface area (Å²) < 4.78 is 0. The smallest absolute Gasteiger partial charge is 0.225 e. The Balaban J connectivity index is 2.13. The van der Waals surface area contributed by atoms with Crippen molar-refractivity contribution in [1.29, 1.82) is 0 Å². The van der Waals surface area contributed by atoms with Crippen molar-refractivity contribution in [3.63, 3.8) is 0 Å². The van der Waals surface area contributed by atoms with Gasteiger partial charge in [-0.05, 0) is 56.6 Å². The lowest BCUT2D eigenvalue weighted by Crippen LogP contribution is -2.32. The second kappa shape index (κ2) is 6.20. The molecule has 0 aliphatic heterocycles. The summed E-state index contributed by atoms with van der Waals surface area (Å²) in [4.78, 5) is 11.8. The van der Waals surface area contributed by atoms with Crippen LogP contribution in [0.25, 0.3) is 0 Å². The van der Waals surface area contributed by atoms with E-state index in [1.165, 1.54) is 5.56 Å². The van der Waals surface area contributed by atoms with E-state index in [0.717, 1.165) is 37.8 Å². The number of carbonyl (C=O) groups excluding carboxylic acids is 1. The van der Waals surface area contributed by atoms with Crippen LogP contribution in [0.15, 0.2) is 24.3 Å². The first-order valence-electron chi connectivity index (χ1n) is 7.17. The molecule has 3 heteroatoms. The van der Waals surface area contributed by atoms with Gasteiger partial charge in [0.05, 0.1) is 5.92 Å². The summed E-state index contributed by atoms with van der Waals surface area (Å²) in [7, 11) is 0. The molecule has 2 rings (SSSR count). The zero-order valence-corrected chi connectivity index (χ0v) is 11.6. The first kappa shape index (κ1) is 14.1. The fourth-order valence-corrected chi connectivity index (χ4v) is 3.20. The van der Waals surface area contributed by atoms with Crippen molar-refractivity contribution >= 4 is 5.91 Å². The number of nitrogens with two attached hydrogens (primary N) is 2. The number of carbonyl (C=O) groups is 1. The molecule has 0 spiro atoms. The maximum absolute atomic E-state index is 11.8. The Morgan fingerprint density at radius 2 is 1.79 bits per heavy atom. The van der Waals surface area contributed by atoms with Crippen LogP contribution in [0.5, 0.6) is 0 Å². The summed E-state index contributed by atoms with van der Waals surface area (Å²) in [6.45, 7) is 2.81. The molecule has 4 N–H and O–H groups in total. The molecule has 1 aliphatic carbocycles. The van der Waals surface area contributed by atoms with E-state index in [-0.39, 0.29) is 11.8 Å². The number of amides is 1. The highest BCUT2D eigenvalue weighted by Gasteiger charge is 2.31. The summed E-state index contributed by atoms with van der Waals surface area (Å²) in [5.41, 5.74) is 13.6. The van der Waals surface area contributed by atoms with E-state index in [1.54, 1.807) is 0 Å². The molecular weight excluding hydrogens is 236 g/mol. The lowest BCUT2D eigenvalue weighted by Gasteiger charge is -2.32. The maximum Gasteiger partial charge on any atom is 0.225 e. The Bertz CT molecular complexity index is 419. The van der Waals surface area contributed by atoms with Crippen molar-refractivity contribution in [3.05, 3.63) is 35.4 Å². The summed E-state index contributed by atoms with van der Waals surface area (Å²) in [5.74, 6) is 0.671. The van der Waals surface area contributed by atoms with Crippen LogP contribution < -0.4 is 11.5 Å². The lowest BCUT2D eigenvalue weighted by molar-refractivity contribution is -0.121. The van der Waals surface area contributed by atoms with E-state index in [0.29, 0.717) is 11.8 Å². The number of hydrogen-bond donors (Lipinski definition) is 2. The second-order valence-corrected chi connectivity index (χ2v) is 5.81. The molecule has 1 atom stereocenters. The normalized spacial score (nSPS) is 24.9. The van der Waals surface area contributed by atoms with E-state index in [4.69, 9.17) is 11.5 Å². The topological polar surface area (TPSA) is 69.1 Å². The Kier molecular flexibility index (Phi) is 4.59. The number of primary amides is 1. The van der Waals surface area contributed by atoms with Gasteiger partial charge in [0.2, 0.25) is 5.91 Å². The largest absolute Gasteiger partial charge is 0.369 e. The number of hydrogen-bond acceptors (Lipinski definition) is 2. The van der Waals surface area contributed by atoms with Gasteiger partial charge in [0.25, 0.3) is 0 Å². The van der Waals surface area contributed by atoms with Crippen molar-refractivity contribution in [2.45, 2.75) is 38.5 Å². The molecule has 1 saturated carbocycles. The van der Waals surface area contributed by atoms with Crippen LogP contribution in [0.2, 0.25) is 0 Å². The van der Waals surface area contributed by atoms with Crippen LogP contribution in [-0.4, -0.2) is 12.5 Å². The van der Waals surface area contributed by atoms with E-state index in [1.807, 2.05) is 12.1 Å². The summed E-state index contributed by atoms with van der Waals surface area (Å²) >= 11 is 0. The molecule has 0 radical (unpaired) electrons. The summed E-state index contributed by atoms with van der Waals surface area (Å²) in [5, 5.41) is 0. The van der Waals surface area contributed by atoms with Crippen LogP contribution in [0.4, 0.5) is 0 Å². The van der Waals surface area contributed by atoms with Gasteiger partial charge in [-0.2, -0.15) is 0 Å². The van der Waals surface area contributed by atoms with E-state index in [2.05, 4.69) is 19.1 Å². The molecule has 104 valence electrons. The first-order valence-corrected chi connectivity index (χ1v) is 7.17. The molecule has 1 unspecified atom stereocenters. The SMILES string of the molecule is Cc1ccc(C(C(N)=O)C2CCC(CN)CC2)cc1. The molecule has 3 nitrogen and oxygen atoms in total. The van der Waals surface area contributed by atoms with Gasteiger partial charge < -0.3 is 11.5 Å². The zero-order valence-electron chi connectivity index (χ0n) is 11.6. The number of benzene rings is 1. The van der Waals surface area contributed by atoms with Crippen molar-refractivity contribution in [3.8, 4) is 0 Å². The molecule has 0 heterocycles. The van der Waals surface area contributed by atoms with Crippen molar-refractivity contribution in [1.82, 2.24) is 0 Å². The molecular formula is C16H24N2O. The third-order valence-electron chi connectivity index (χ3n) is 4.44. The minimum Gasteiger partial charge on any atom is -0.369 e. The van der Waals surface area contributed by atoms with Crippen molar-refractivity contribution < 1.29 is 4.79 Å². The van der Waals surface area contributed by atoms with Gasteiger partial charge in [-0.15, -0.1) is 0 Å². The molecule has 0 saturated heterocycles. The predicted molar refractivity (Wildman–Crippen MR) is 77.6 cm³/mol. The van der Waals surface area contributed by atoms with Gasteiger partial charge in [0, 0.05) is 0 Å². The minimum atomic E-state index is -0.194. The van der Waals surface area contributed by atoms with Gasteiger partial charge in [0.15, 0.2) is 0 Å². The lowest BCUT2D eigenvalue weighted by atomic mass is 9.73. The van der Waals surface area contributed by atoms with Crippen LogP contribution >= 0.6 is 0 Å². The monoisotopic (exact) mass is 260 g/mol. The minimum absolute atomic E-state index is 0.140. The van der Waals surface area contributed by atoms with Gasteiger partial charge in [-0.1, -0.05) is 29.8 Å². The molecule has 0 bridgehead atoms. The standard InChI is InChI=1S/C16H24N2O/c1-11-2-6-13(7-3-11)15(16(18)19)14-8-4-12(10-17)5-9-14/h2-3,6-7,12,14-15H,4-5,8-10,17H2,1H3,(H2,18,19). The Morgan fingerprint density at radius 1 is 1.21 bits per heavy atom. The van der Waals surface area contributed by atoms with Gasteiger partial charge in [-0.25, -0.2) is 0 Å². The molecule has 1 aliphatic rings. The molecule has 19 heavy (non-hydrogen) atoms. The van der Waals surface area contributed by atoms with Gasteiger partial charge in [-0.3, -0.25) is 4.79 Å². The molecule has 0 aromatic heterocycles. The highest BCUT2D eigenvalue weighted by molar-refractivity contribution is 5.82. The Morgan fingerprint density at radius 3 is 2.26 bits per heavy atom. The van der Waals surface area contributed by atoms with Gasteiger partial charge >= 0.3 is 0 Å². The summed E-state index contributed by atoms with van der Waals surface area (Å²) in [6.07, 6.45) is 4.36. The highest BCUT2D eigenvalue weighted by atomic mass is 16.1. The maximum atomic E-state index is 11.8. The number of aryl methyl sites for hydroxylation is 1. The average Bonchev–Trinajstić information content (AvgIpc) is 2.42. The van der Waals surface area contributed by atoms with Crippen LogP contribution in [0, 0.1) is 18.8 Å². The third kappa shape index (κ3) is 3.35. The summed E-state index contributed by atoms with van der Waals surface area (Å²) in [6, 6.07) is 8.19. The Hall–Kier alpha value is -1.35. The molecule has 1 aromatic rings. The third-order valence-corrected chi connectivity index (χ3v) is 4.44. The fourth-order valence-electron chi connectivity index (χ4n) is 3.20. The quantitative estimate of drug-likeness (QED) is 0.872. The zero-order chi connectivity index (χ0) is 13.8. The predicted octanol–water partition coefficient (Wildman–Crippen LogP) is 2.33. The average molecular weight is 260 g/mol. The van der Waals surface area contributed by atoms with Crippen LogP contribution in [0.1, 0.15) is 42.7 Å². The fraction of sp³-hybridized carbons (Fsp3) is 0.562. The number of rotatable bonds is 4. The van der Waals surface area contributed by atoms with Gasteiger partial charge in [0.1, 0.15) is 0 Å². The molecule has 1 fully saturated rings. The van der Waals surface area contributed by atoms with Crippen LogP contribution in [-0.2, 0) is 4.79 Å². The van der Waals surface area contributed by atoms with Crippen molar-refractivity contribution in [2.75, 3.05) is 6.54 Å². The first-order chi connectivity index (χ1) is 9.11. The Labute approximate surface area is 115 Å². The van der Waals surface area contributed by atoms with E-state index < -0.39 is 0 Å². The van der Waals surface area contributed by atoms with Crippen molar-refractivity contribution in [2.24, 2.45) is 23.3 Å². The van der Waals surface area contributed by atoms with E-state index in [9.17, 15) is 4.79 Å². The van der Waals surface area contributed by atoms with Crippen LogP contribution in [0.3, 0.4) is 0 Å². The molecule has 1 aromatic carbocycles. The second-order valence-electron chi connectivity index (χ2n) is 5.81. The highest BCUT2D eigenvalue weighted by Crippen LogP contribution is 2.37. The van der Waals surface area contributed by atoms with E-state index >= 15 is 0 Å². The molecule has 1 amide bonds.